The van der Waals surface area contributed by atoms with Crippen LogP contribution < -0.4 is 4.74 Å². The Balaban J connectivity index is 2.34. The molecule has 92 valence electrons. The molecule has 0 N–H and O–H groups in total. The van der Waals surface area contributed by atoms with Crippen molar-refractivity contribution in [3.8, 4) is 5.75 Å². The SMILES string of the molecule is CCOc1cncc(C(=O)c2ccccc2Cl)c1. The molecule has 1 aromatic carbocycles. The summed E-state index contributed by atoms with van der Waals surface area (Å²) in [6.45, 7) is 2.41. The second-order valence-electron chi connectivity index (χ2n) is 3.65. The molecule has 0 bridgehead atoms. The second-order valence-corrected chi connectivity index (χ2v) is 4.06. The van der Waals surface area contributed by atoms with Gasteiger partial charge >= 0.3 is 0 Å². The van der Waals surface area contributed by atoms with Crippen LogP contribution in [0.2, 0.25) is 5.02 Å². The van der Waals surface area contributed by atoms with Crippen LogP contribution in [0.15, 0.2) is 42.7 Å². The van der Waals surface area contributed by atoms with Crippen LogP contribution >= 0.6 is 11.6 Å². The van der Waals surface area contributed by atoms with Crippen LogP contribution in [-0.2, 0) is 0 Å². The summed E-state index contributed by atoms with van der Waals surface area (Å²) in [5, 5.41) is 0.435. The van der Waals surface area contributed by atoms with Crippen LogP contribution in [0.4, 0.5) is 0 Å². The first-order valence-corrected chi connectivity index (χ1v) is 5.97. The van der Waals surface area contributed by atoms with E-state index in [4.69, 9.17) is 16.3 Å². The van der Waals surface area contributed by atoms with Gasteiger partial charge in [-0.3, -0.25) is 9.78 Å². The van der Waals surface area contributed by atoms with E-state index in [1.54, 1.807) is 36.5 Å². The van der Waals surface area contributed by atoms with Crippen molar-refractivity contribution in [2.24, 2.45) is 0 Å². The molecule has 0 spiro atoms. The molecule has 0 atom stereocenters. The number of carbonyl (C=O) groups is 1. The summed E-state index contributed by atoms with van der Waals surface area (Å²) in [5.74, 6) is 0.421. The van der Waals surface area contributed by atoms with Gasteiger partial charge in [0.25, 0.3) is 0 Å². The van der Waals surface area contributed by atoms with Gasteiger partial charge in [0, 0.05) is 17.3 Å². The van der Waals surface area contributed by atoms with Crippen molar-refractivity contribution < 1.29 is 9.53 Å². The lowest BCUT2D eigenvalue weighted by Crippen LogP contribution is -2.03. The van der Waals surface area contributed by atoms with Crippen molar-refractivity contribution in [1.82, 2.24) is 4.98 Å². The van der Waals surface area contributed by atoms with Crippen molar-refractivity contribution in [3.63, 3.8) is 0 Å². The van der Waals surface area contributed by atoms with Crippen molar-refractivity contribution >= 4 is 17.4 Å². The highest BCUT2D eigenvalue weighted by Crippen LogP contribution is 2.20. The summed E-state index contributed by atoms with van der Waals surface area (Å²) in [7, 11) is 0. The molecule has 18 heavy (non-hydrogen) atoms. The van der Waals surface area contributed by atoms with Crippen LogP contribution in [0, 0.1) is 0 Å². The Kier molecular flexibility index (Phi) is 3.95. The van der Waals surface area contributed by atoms with Crippen LogP contribution in [0.5, 0.6) is 5.75 Å². The zero-order valence-electron chi connectivity index (χ0n) is 9.89. The quantitative estimate of drug-likeness (QED) is 0.792. The molecule has 0 radical (unpaired) electrons. The predicted octanol–water partition coefficient (Wildman–Crippen LogP) is 3.36. The van der Waals surface area contributed by atoms with E-state index >= 15 is 0 Å². The first kappa shape index (κ1) is 12.6. The van der Waals surface area contributed by atoms with Crippen LogP contribution in [0.3, 0.4) is 0 Å². The van der Waals surface area contributed by atoms with Gasteiger partial charge in [0.1, 0.15) is 5.75 Å². The molecule has 4 heteroatoms. The van der Waals surface area contributed by atoms with Gasteiger partial charge in [-0.15, -0.1) is 0 Å². The highest BCUT2D eigenvalue weighted by molar-refractivity contribution is 6.34. The number of ketones is 1. The number of benzene rings is 1. The maximum Gasteiger partial charge on any atom is 0.196 e. The summed E-state index contributed by atoms with van der Waals surface area (Å²) >= 11 is 6.00. The monoisotopic (exact) mass is 261 g/mol. The van der Waals surface area contributed by atoms with E-state index in [0.717, 1.165) is 0 Å². The van der Waals surface area contributed by atoms with Gasteiger partial charge in [0.05, 0.1) is 17.8 Å². The molecular weight excluding hydrogens is 250 g/mol. The van der Waals surface area contributed by atoms with Crippen molar-refractivity contribution in [1.29, 1.82) is 0 Å². The molecule has 0 saturated carbocycles. The molecule has 3 nitrogen and oxygen atoms in total. The molecule has 2 aromatic rings. The Morgan fingerprint density at radius 1 is 1.33 bits per heavy atom. The zero-order chi connectivity index (χ0) is 13.0. The van der Waals surface area contributed by atoms with Gasteiger partial charge in [-0.05, 0) is 25.1 Å². The number of hydrogen-bond acceptors (Lipinski definition) is 3. The Bertz CT molecular complexity index is 569. The molecule has 0 aliphatic rings. The van der Waals surface area contributed by atoms with Crippen molar-refractivity contribution in [3.05, 3.63) is 58.9 Å². The smallest absolute Gasteiger partial charge is 0.196 e. The van der Waals surface area contributed by atoms with Crippen LogP contribution in [0.25, 0.3) is 0 Å². The van der Waals surface area contributed by atoms with Gasteiger partial charge < -0.3 is 4.74 Å². The summed E-state index contributed by atoms with van der Waals surface area (Å²) in [4.78, 5) is 16.2. The Morgan fingerprint density at radius 2 is 2.11 bits per heavy atom. The lowest BCUT2D eigenvalue weighted by atomic mass is 10.1. The molecule has 1 aromatic heterocycles. The van der Waals surface area contributed by atoms with Crippen molar-refractivity contribution in [2.45, 2.75) is 6.92 Å². The number of hydrogen-bond donors (Lipinski definition) is 0. The Morgan fingerprint density at radius 3 is 2.83 bits per heavy atom. The van der Waals surface area contributed by atoms with E-state index in [1.165, 1.54) is 6.20 Å². The van der Waals surface area contributed by atoms with E-state index in [2.05, 4.69) is 4.98 Å². The number of nitrogens with zero attached hydrogens (tertiary/aromatic N) is 1. The maximum absolute atomic E-state index is 12.2. The minimum atomic E-state index is -0.158. The second kappa shape index (κ2) is 5.65. The van der Waals surface area contributed by atoms with Gasteiger partial charge in [-0.1, -0.05) is 23.7 Å². The summed E-state index contributed by atoms with van der Waals surface area (Å²) in [6, 6.07) is 8.61. The van der Waals surface area contributed by atoms with Crippen molar-refractivity contribution in [2.75, 3.05) is 6.61 Å². The van der Waals surface area contributed by atoms with E-state index in [1.807, 2.05) is 6.92 Å². The fraction of sp³-hybridized carbons (Fsp3) is 0.143. The third-order valence-electron chi connectivity index (χ3n) is 2.40. The first-order chi connectivity index (χ1) is 8.72. The number of ether oxygens (including phenoxy) is 1. The van der Waals surface area contributed by atoms with E-state index in [-0.39, 0.29) is 5.78 Å². The molecule has 0 saturated heterocycles. The molecule has 0 aliphatic carbocycles. The summed E-state index contributed by atoms with van der Waals surface area (Å²) < 4.78 is 5.32. The highest BCUT2D eigenvalue weighted by Gasteiger charge is 2.13. The summed E-state index contributed by atoms with van der Waals surface area (Å²) in [5.41, 5.74) is 0.934. The highest BCUT2D eigenvalue weighted by atomic mass is 35.5. The molecule has 0 aliphatic heterocycles. The average Bonchev–Trinajstić information content (AvgIpc) is 2.39. The number of pyridine rings is 1. The predicted molar refractivity (Wildman–Crippen MR) is 70.3 cm³/mol. The molecule has 0 unspecified atom stereocenters. The third-order valence-corrected chi connectivity index (χ3v) is 2.73. The normalized spacial score (nSPS) is 10.1. The average molecular weight is 262 g/mol. The molecular formula is C14H12ClNO2. The molecule has 0 amide bonds. The molecule has 0 fully saturated rings. The third kappa shape index (κ3) is 2.68. The largest absolute Gasteiger partial charge is 0.492 e. The van der Waals surface area contributed by atoms with Crippen LogP contribution in [0.1, 0.15) is 22.8 Å². The van der Waals surface area contributed by atoms with Crippen LogP contribution in [-0.4, -0.2) is 17.4 Å². The lowest BCUT2D eigenvalue weighted by Gasteiger charge is -2.06. The number of aromatic nitrogens is 1. The van der Waals surface area contributed by atoms with Gasteiger partial charge in [0.2, 0.25) is 0 Å². The Labute approximate surface area is 110 Å². The number of halogens is 1. The maximum atomic E-state index is 12.2. The lowest BCUT2D eigenvalue weighted by molar-refractivity contribution is 0.103. The van der Waals surface area contributed by atoms with E-state index in [9.17, 15) is 4.79 Å². The standard InChI is InChI=1S/C14H12ClNO2/c1-2-18-11-7-10(8-16-9-11)14(17)12-5-3-4-6-13(12)15/h3-9H,2H2,1H3. The number of rotatable bonds is 4. The first-order valence-electron chi connectivity index (χ1n) is 5.59. The van der Waals surface area contributed by atoms with E-state index in [0.29, 0.717) is 28.5 Å². The van der Waals surface area contributed by atoms with E-state index < -0.39 is 0 Å². The zero-order valence-corrected chi connectivity index (χ0v) is 10.6. The topological polar surface area (TPSA) is 39.2 Å². The van der Waals surface area contributed by atoms with Gasteiger partial charge in [-0.25, -0.2) is 0 Å². The van der Waals surface area contributed by atoms with Gasteiger partial charge in [0.15, 0.2) is 5.78 Å². The minimum absolute atomic E-state index is 0.158. The number of carbonyl (C=O) groups excluding carboxylic acids is 1. The summed E-state index contributed by atoms with van der Waals surface area (Å²) in [6.07, 6.45) is 3.08. The Hall–Kier alpha value is -1.87. The fourth-order valence-electron chi connectivity index (χ4n) is 1.59. The molecule has 1 heterocycles. The molecule has 2 rings (SSSR count). The fourth-order valence-corrected chi connectivity index (χ4v) is 1.81. The van der Waals surface area contributed by atoms with Gasteiger partial charge in [-0.2, -0.15) is 0 Å². The minimum Gasteiger partial charge on any atom is -0.492 e.